The molecule has 1 aromatic rings. The van der Waals surface area contributed by atoms with Crippen molar-refractivity contribution in [3.8, 4) is 5.75 Å². The van der Waals surface area contributed by atoms with Crippen LogP contribution in [0, 0.1) is 19.8 Å². The van der Waals surface area contributed by atoms with Gasteiger partial charge in [0.25, 0.3) is 0 Å². The SMILES string of the molecule is Cc1ccc(OCCN2CC(O)C(CS(=O)(=O)N(C)C)C2)c(C)c1. The Morgan fingerprint density at radius 1 is 1.29 bits per heavy atom. The molecule has 0 spiro atoms. The van der Waals surface area contributed by atoms with Crippen molar-refractivity contribution in [1.82, 2.24) is 9.21 Å². The lowest BCUT2D eigenvalue weighted by molar-refractivity contribution is 0.145. The number of hydrogen-bond acceptors (Lipinski definition) is 5. The Kier molecular flexibility index (Phi) is 6.25. The lowest BCUT2D eigenvalue weighted by atomic mass is 10.1. The van der Waals surface area contributed by atoms with Crippen molar-refractivity contribution in [1.29, 1.82) is 0 Å². The second-order valence-electron chi connectivity index (χ2n) is 6.77. The predicted octanol–water partition coefficient (Wildman–Crippen LogP) is 0.866. The highest BCUT2D eigenvalue weighted by molar-refractivity contribution is 7.89. The van der Waals surface area contributed by atoms with Gasteiger partial charge >= 0.3 is 0 Å². The van der Waals surface area contributed by atoms with Crippen LogP contribution in [0.25, 0.3) is 0 Å². The van der Waals surface area contributed by atoms with Crippen LogP contribution in [-0.2, 0) is 10.0 Å². The molecule has 136 valence electrons. The first-order chi connectivity index (χ1) is 11.2. The largest absolute Gasteiger partial charge is 0.492 e. The van der Waals surface area contributed by atoms with Crippen molar-refractivity contribution in [2.75, 3.05) is 46.1 Å². The second-order valence-corrected chi connectivity index (χ2v) is 8.99. The van der Waals surface area contributed by atoms with Gasteiger partial charge in [-0.2, -0.15) is 0 Å². The van der Waals surface area contributed by atoms with E-state index in [0.717, 1.165) is 11.3 Å². The smallest absolute Gasteiger partial charge is 0.214 e. The van der Waals surface area contributed by atoms with Crippen molar-refractivity contribution in [3.05, 3.63) is 29.3 Å². The Bertz CT molecular complexity index is 661. The Labute approximate surface area is 145 Å². The molecule has 6 nitrogen and oxygen atoms in total. The third-order valence-electron chi connectivity index (χ3n) is 4.46. The fourth-order valence-corrected chi connectivity index (χ4v) is 4.12. The average Bonchev–Trinajstić information content (AvgIpc) is 2.80. The van der Waals surface area contributed by atoms with Gasteiger partial charge in [0.05, 0.1) is 11.9 Å². The number of hydrogen-bond donors (Lipinski definition) is 1. The van der Waals surface area contributed by atoms with Crippen molar-refractivity contribution >= 4 is 10.0 Å². The van der Waals surface area contributed by atoms with Crippen LogP contribution in [0.3, 0.4) is 0 Å². The number of benzene rings is 1. The summed E-state index contributed by atoms with van der Waals surface area (Å²) in [5, 5.41) is 10.1. The fourth-order valence-electron chi connectivity index (χ4n) is 2.95. The van der Waals surface area contributed by atoms with E-state index in [9.17, 15) is 13.5 Å². The molecule has 2 rings (SSSR count). The molecule has 0 bridgehead atoms. The Balaban J connectivity index is 1.82. The van der Waals surface area contributed by atoms with Crippen LogP contribution in [0.5, 0.6) is 5.75 Å². The summed E-state index contributed by atoms with van der Waals surface area (Å²) in [5.74, 6) is 0.598. The maximum Gasteiger partial charge on any atom is 0.214 e. The van der Waals surface area contributed by atoms with Gasteiger partial charge in [0.1, 0.15) is 12.4 Å². The van der Waals surface area contributed by atoms with Crippen LogP contribution in [0.4, 0.5) is 0 Å². The van der Waals surface area contributed by atoms with E-state index >= 15 is 0 Å². The molecule has 1 aromatic carbocycles. The third-order valence-corrected chi connectivity index (χ3v) is 6.42. The van der Waals surface area contributed by atoms with Crippen molar-refractivity contribution in [2.24, 2.45) is 5.92 Å². The highest BCUT2D eigenvalue weighted by Gasteiger charge is 2.35. The minimum Gasteiger partial charge on any atom is -0.492 e. The zero-order chi connectivity index (χ0) is 17.9. The topological polar surface area (TPSA) is 70.1 Å². The number of aliphatic hydroxyl groups excluding tert-OH is 1. The molecule has 1 fully saturated rings. The van der Waals surface area contributed by atoms with Gasteiger partial charge in [0.15, 0.2) is 0 Å². The number of ether oxygens (including phenoxy) is 1. The van der Waals surface area contributed by atoms with Gasteiger partial charge in [-0.1, -0.05) is 17.7 Å². The van der Waals surface area contributed by atoms with E-state index in [-0.39, 0.29) is 11.7 Å². The van der Waals surface area contributed by atoms with Crippen LogP contribution in [-0.4, -0.2) is 74.9 Å². The van der Waals surface area contributed by atoms with Gasteiger partial charge in [-0.3, -0.25) is 4.90 Å². The first kappa shape index (κ1) is 19.2. The zero-order valence-corrected chi connectivity index (χ0v) is 15.7. The summed E-state index contributed by atoms with van der Waals surface area (Å²) in [6.07, 6.45) is -0.610. The molecule has 1 saturated heterocycles. The Morgan fingerprint density at radius 2 is 2.00 bits per heavy atom. The summed E-state index contributed by atoms with van der Waals surface area (Å²) in [6.45, 7) is 6.31. The first-order valence-electron chi connectivity index (χ1n) is 8.19. The van der Waals surface area contributed by atoms with E-state index in [1.54, 1.807) is 0 Å². The van der Waals surface area contributed by atoms with E-state index < -0.39 is 16.1 Å². The summed E-state index contributed by atoms with van der Waals surface area (Å²) < 4.78 is 31.0. The van der Waals surface area contributed by atoms with Gasteiger partial charge in [-0.15, -0.1) is 0 Å². The quantitative estimate of drug-likeness (QED) is 0.785. The molecule has 0 radical (unpaired) electrons. The molecule has 2 atom stereocenters. The number of nitrogens with zero attached hydrogens (tertiary/aromatic N) is 2. The summed E-state index contributed by atoms with van der Waals surface area (Å²) in [7, 11) is -0.256. The van der Waals surface area contributed by atoms with Crippen LogP contribution >= 0.6 is 0 Å². The summed E-state index contributed by atoms with van der Waals surface area (Å²) in [6, 6.07) is 6.07. The third kappa shape index (κ3) is 4.92. The van der Waals surface area contributed by atoms with Crippen LogP contribution in [0.2, 0.25) is 0 Å². The molecule has 7 heteroatoms. The number of aliphatic hydroxyl groups is 1. The molecular formula is C17H28N2O4S. The Morgan fingerprint density at radius 3 is 2.62 bits per heavy atom. The van der Waals surface area contributed by atoms with E-state index in [1.807, 2.05) is 26.0 Å². The standard InChI is InChI=1S/C17H28N2O4S/c1-13-5-6-17(14(2)9-13)23-8-7-19-10-15(16(20)11-19)12-24(21,22)18(3)4/h5-6,9,15-16,20H,7-8,10-12H2,1-4H3. The zero-order valence-electron chi connectivity index (χ0n) is 14.9. The van der Waals surface area contributed by atoms with E-state index in [2.05, 4.69) is 11.0 Å². The van der Waals surface area contributed by atoms with Crippen molar-refractivity contribution in [2.45, 2.75) is 20.0 Å². The van der Waals surface area contributed by atoms with Crippen LogP contribution in [0.15, 0.2) is 18.2 Å². The molecule has 1 N–H and O–H groups in total. The predicted molar refractivity (Wildman–Crippen MR) is 94.8 cm³/mol. The van der Waals surface area contributed by atoms with E-state index in [4.69, 9.17) is 4.74 Å². The average molecular weight is 356 g/mol. The molecule has 2 unspecified atom stereocenters. The van der Waals surface area contributed by atoms with Crippen molar-refractivity contribution < 1.29 is 18.3 Å². The van der Waals surface area contributed by atoms with Gasteiger partial charge in [0.2, 0.25) is 10.0 Å². The van der Waals surface area contributed by atoms with Gasteiger partial charge in [-0.25, -0.2) is 12.7 Å². The fraction of sp³-hybridized carbons (Fsp3) is 0.647. The maximum absolute atomic E-state index is 12.0. The summed E-state index contributed by atoms with van der Waals surface area (Å²) >= 11 is 0. The monoisotopic (exact) mass is 356 g/mol. The molecule has 0 amide bonds. The highest BCUT2D eigenvalue weighted by Crippen LogP contribution is 2.21. The molecule has 1 heterocycles. The summed E-state index contributed by atoms with van der Waals surface area (Å²) in [4.78, 5) is 2.06. The lowest BCUT2D eigenvalue weighted by Crippen LogP contribution is -2.33. The van der Waals surface area contributed by atoms with Crippen molar-refractivity contribution in [3.63, 3.8) is 0 Å². The maximum atomic E-state index is 12.0. The number of sulfonamides is 1. The van der Waals surface area contributed by atoms with Gasteiger partial charge in [0, 0.05) is 39.6 Å². The minimum atomic E-state index is -3.30. The van der Waals surface area contributed by atoms with Gasteiger partial charge < -0.3 is 9.84 Å². The number of likely N-dealkylation sites (tertiary alicyclic amines) is 1. The summed E-state index contributed by atoms with van der Waals surface area (Å²) in [5.41, 5.74) is 2.30. The molecule has 1 aliphatic rings. The normalized spacial score (nSPS) is 22.2. The molecule has 24 heavy (non-hydrogen) atoms. The number of aryl methyl sites for hydroxylation is 2. The van der Waals surface area contributed by atoms with E-state index in [1.165, 1.54) is 24.0 Å². The first-order valence-corrected chi connectivity index (χ1v) is 9.80. The molecule has 0 aromatic heterocycles. The van der Waals surface area contributed by atoms with Crippen LogP contribution in [0.1, 0.15) is 11.1 Å². The molecule has 1 aliphatic heterocycles. The molecular weight excluding hydrogens is 328 g/mol. The molecule has 0 saturated carbocycles. The van der Waals surface area contributed by atoms with E-state index in [0.29, 0.717) is 26.2 Å². The highest BCUT2D eigenvalue weighted by atomic mass is 32.2. The minimum absolute atomic E-state index is 0.0183. The lowest BCUT2D eigenvalue weighted by Gasteiger charge is -2.18. The van der Waals surface area contributed by atoms with Gasteiger partial charge in [-0.05, 0) is 25.5 Å². The second kappa shape index (κ2) is 7.82. The van der Waals surface area contributed by atoms with Crippen LogP contribution < -0.4 is 4.74 Å². The Hall–Kier alpha value is -1.15. The molecule has 0 aliphatic carbocycles. The number of rotatable bonds is 7. The number of β-amino-alcohol motifs (C(OH)–C–C–N with tert-alkyl or cyclic N) is 1.